The average Bonchev–Trinajstić information content (AvgIpc) is 2.97. The maximum Gasteiger partial charge on any atom is 0.316 e. The zero-order chi connectivity index (χ0) is 19.6. The number of carbonyl (C=O) groups is 2. The lowest BCUT2D eigenvalue weighted by molar-refractivity contribution is -0.139. The van der Waals surface area contributed by atoms with E-state index in [0.29, 0.717) is 18.8 Å². The summed E-state index contributed by atoms with van der Waals surface area (Å²) in [4.78, 5) is 26.6. The Kier molecular flexibility index (Phi) is 5.36. The molecule has 2 aromatic rings. The number of amides is 1. The summed E-state index contributed by atoms with van der Waals surface area (Å²) in [5, 5.41) is 0. The van der Waals surface area contributed by atoms with E-state index >= 15 is 0 Å². The van der Waals surface area contributed by atoms with Crippen LogP contribution < -0.4 is 4.74 Å². The van der Waals surface area contributed by atoms with Gasteiger partial charge in [0, 0.05) is 19.5 Å². The number of rotatable bonds is 4. The molecule has 142 valence electrons. The number of nitrogens with zero attached hydrogens (tertiary/aromatic N) is 1. The molecule has 3 rings (SSSR count). The zero-order valence-corrected chi connectivity index (χ0v) is 16.5. The normalized spacial score (nSPS) is 17.3. The van der Waals surface area contributed by atoms with E-state index in [1.165, 1.54) is 5.56 Å². The molecule has 0 radical (unpaired) electrons. The van der Waals surface area contributed by atoms with Crippen molar-refractivity contribution in [1.82, 2.24) is 4.90 Å². The van der Waals surface area contributed by atoms with E-state index in [2.05, 4.69) is 26.8 Å². The Morgan fingerprint density at radius 2 is 1.85 bits per heavy atom. The van der Waals surface area contributed by atoms with Gasteiger partial charge in [0.15, 0.2) is 0 Å². The van der Waals surface area contributed by atoms with Crippen molar-refractivity contribution in [3.8, 4) is 5.75 Å². The Morgan fingerprint density at radius 1 is 1.15 bits per heavy atom. The molecule has 0 saturated carbocycles. The lowest BCUT2D eigenvalue weighted by Crippen LogP contribution is -2.27. The second kappa shape index (κ2) is 7.55. The van der Waals surface area contributed by atoms with Gasteiger partial charge in [-0.3, -0.25) is 9.59 Å². The smallest absolute Gasteiger partial charge is 0.316 e. The first-order chi connectivity index (χ1) is 12.7. The molecule has 1 fully saturated rings. The van der Waals surface area contributed by atoms with Crippen LogP contribution in [0.1, 0.15) is 43.9 Å². The van der Waals surface area contributed by atoms with E-state index in [1.807, 2.05) is 49.4 Å². The molecule has 4 heteroatoms. The minimum absolute atomic E-state index is 0.000561. The fourth-order valence-electron chi connectivity index (χ4n) is 3.31. The summed E-state index contributed by atoms with van der Waals surface area (Å²) in [6.07, 6.45) is 0.213. The van der Waals surface area contributed by atoms with Crippen molar-refractivity contribution in [2.24, 2.45) is 5.92 Å². The number of carbonyl (C=O) groups excluding carboxylic acids is 2. The summed E-state index contributed by atoms with van der Waals surface area (Å²) < 4.78 is 5.63. The Hall–Kier alpha value is -2.62. The number of esters is 1. The molecule has 0 N–H and O–H groups in total. The van der Waals surface area contributed by atoms with Gasteiger partial charge >= 0.3 is 5.97 Å². The van der Waals surface area contributed by atoms with Gasteiger partial charge in [-0.25, -0.2) is 0 Å². The Labute approximate surface area is 161 Å². The summed E-state index contributed by atoms with van der Waals surface area (Å²) in [5.74, 6) is -0.170. The molecule has 1 aliphatic rings. The van der Waals surface area contributed by atoms with Crippen LogP contribution in [0.15, 0.2) is 48.5 Å². The van der Waals surface area contributed by atoms with Gasteiger partial charge in [0.1, 0.15) is 5.75 Å². The van der Waals surface area contributed by atoms with Gasteiger partial charge in [0.05, 0.1) is 5.92 Å². The first-order valence-electron chi connectivity index (χ1n) is 9.38. The SMILES string of the molecule is Cc1cc(C(C)(C)C)ccc1OC(=O)C1CC(=O)N(Cc2ccccc2)C1. The number of likely N-dealkylation sites (tertiary alicyclic amines) is 1. The van der Waals surface area contributed by atoms with Crippen LogP contribution in [0.25, 0.3) is 0 Å². The van der Waals surface area contributed by atoms with Crippen molar-refractivity contribution >= 4 is 11.9 Å². The molecule has 0 bridgehead atoms. The molecule has 1 atom stereocenters. The van der Waals surface area contributed by atoms with Crippen molar-refractivity contribution in [2.75, 3.05) is 6.54 Å². The second-order valence-corrected chi connectivity index (χ2v) is 8.31. The van der Waals surface area contributed by atoms with Crippen molar-refractivity contribution in [3.63, 3.8) is 0 Å². The van der Waals surface area contributed by atoms with Crippen molar-refractivity contribution in [2.45, 2.75) is 46.1 Å². The van der Waals surface area contributed by atoms with Crippen LogP contribution in [0, 0.1) is 12.8 Å². The van der Waals surface area contributed by atoms with Crippen LogP contribution in [-0.2, 0) is 21.5 Å². The van der Waals surface area contributed by atoms with Gasteiger partial charge in [0.25, 0.3) is 0 Å². The van der Waals surface area contributed by atoms with Gasteiger partial charge in [-0.15, -0.1) is 0 Å². The molecule has 1 unspecified atom stereocenters. The van der Waals surface area contributed by atoms with Crippen LogP contribution >= 0.6 is 0 Å². The maximum atomic E-state index is 12.6. The quantitative estimate of drug-likeness (QED) is 0.601. The number of hydrogen-bond donors (Lipinski definition) is 0. The summed E-state index contributed by atoms with van der Waals surface area (Å²) in [7, 11) is 0. The third kappa shape index (κ3) is 4.57. The van der Waals surface area contributed by atoms with E-state index in [4.69, 9.17) is 4.74 Å². The summed E-state index contributed by atoms with van der Waals surface area (Å²) in [5.41, 5.74) is 3.24. The van der Waals surface area contributed by atoms with E-state index in [9.17, 15) is 9.59 Å². The molecular formula is C23H27NO3. The number of benzene rings is 2. The van der Waals surface area contributed by atoms with Crippen LogP contribution in [-0.4, -0.2) is 23.3 Å². The molecule has 0 aromatic heterocycles. The van der Waals surface area contributed by atoms with Gasteiger partial charge in [0.2, 0.25) is 5.91 Å². The lowest BCUT2D eigenvalue weighted by atomic mass is 9.86. The highest BCUT2D eigenvalue weighted by Gasteiger charge is 2.35. The topological polar surface area (TPSA) is 46.6 Å². The molecule has 1 aliphatic heterocycles. The highest BCUT2D eigenvalue weighted by Crippen LogP contribution is 2.29. The van der Waals surface area contributed by atoms with Gasteiger partial charge in [-0.05, 0) is 35.1 Å². The predicted octanol–water partition coefficient (Wildman–Crippen LogP) is 4.25. The van der Waals surface area contributed by atoms with Gasteiger partial charge in [-0.2, -0.15) is 0 Å². The Bertz CT molecular complexity index is 836. The predicted molar refractivity (Wildman–Crippen MR) is 105 cm³/mol. The molecule has 2 aromatic carbocycles. The van der Waals surface area contributed by atoms with Crippen molar-refractivity contribution in [3.05, 3.63) is 65.2 Å². The molecule has 1 saturated heterocycles. The first-order valence-corrected chi connectivity index (χ1v) is 9.38. The lowest BCUT2D eigenvalue weighted by Gasteiger charge is -2.20. The van der Waals surface area contributed by atoms with Crippen LogP contribution in [0.5, 0.6) is 5.75 Å². The van der Waals surface area contributed by atoms with E-state index in [1.54, 1.807) is 4.90 Å². The highest BCUT2D eigenvalue weighted by atomic mass is 16.5. The van der Waals surface area contributed by atoms with E-state index < -0.39 is 5.92 Å². The third-order valence-electron chi connectivity index (χ3n) is 5.02. The average molecular weight is 365 g/mol. The minimum atomic E-state index is -0.414. The van der Waals surface area contributed by atoms with E-state index in [0.717, 1.165) is 11.1 Å². The number of aryl methyl sites for hydroxylation is 1. The number of ether oxygens (including phenoxy) is 1. The van der Waals surface area contributed by atoms with Crippen molar-refractivity contribution < 1.29 is 14.3 Å². The van der Waals surface area contributed by atoms with Crippen LogP contribution in [0.4, 0.5) is 0 Å². The molecule has 1 amide bonds. The summed E-state index contributed by atoms with van der Waals surface area (Å²) >= 11 is 0. The fourth-order valence-corrected chi connectivity index (χ4v) is 3.31. The second-order valence-electron chi connectivity index (χ2n) is 8.31. The summed E-state index contributed by atoms with van der Waals surface area (Å²) in [6.45, 7) is 9.34. The number of hydrogen-bond acceptors (Lipinski definition) is 3. The zero-order valence-electron chi connectivity index (χ0n) is 16.5. The molecule has 27 heavy (non-hydrogen) atoms. The highest BCUT2D eigenvalue weighted by molar-refractivity contribution is 5.87. The first kappa shape index (κ1) is 19.2. The monoisotopic (exact) mass is 365 g/mol. The van der Waals surface area contributed by atoms with Crippen LogP contribution in [0.2, 0.25) is 0 Å². The summed E-state index contributed by atoms with van der Waals surface area (Å²) in [6, 6.07) is 15.7. The third-order valence-corrected chi connectivity index (χ3v) is 5.02. The van der Waals surface area contributed by atoms with Gasteiger partial charge < -0.3 is 9.64 Å². The molecule has 1 heterocycles. The molecule has 0 spiro atoms. The Balaban J connectivity index is 1.64. The largest absolute Gasteiger partial charge is 0.426 e. The van der Waals surface area contributed by atoms with E-state index in [-0.39, 0.29) is 23.7 Å². The maximum absolute atomic E-state index is 12.6. The molecule has 4 nitrogen and oxygen atoms in total. The van der Waals surface area contributed by atoms with Crippen LogP contribution in [0.3, 0.4) is 0 Å². The van der Waals surface area contributed by atoms with Gasteiger partial charge in [-0.1, -0.05) is 63.2 Å². The molecular weight excluding hydrogens is 338 g/mol. The standard InChI is InChI=1S/C23H27NO3/c1-16-12-19(23(2,3)4)10-11-20(16)27-22(26)18-13-21(25)24(15-18)14-17-8-6-5-7-9-17/h5-12,18H,13-15H2,1-4H3. The minimum Gasteiger partial charge on any atom is -0.426 e. The molecule has 0 aliphatic carbocycles. The van der Waals surface area contributed by atoms with Crippen molar-refractivity contribution in [1.29, 1.82) is 0 Å². The fraction of sp³-hybridized carbons (Fsp3) is 0.391. The Morgan fingerprint density at radius 3 is 2.48 bits per heavy atom.